The molecule has 17 heteroatoms. The normalized spacial score (nSPS) is 16.4. The van der Waals surface area contributed by atoms with E-state index in [9.17, 15) is 32.8 Å². The number of hydrogen-bond donors (Lipinski definition) is 2. The van der Waals surface area contributed by atoms with Crippen molar-refractivity contribution in [2.75, 3.05) is 79.9 Å². The van der Waals surface area contributed by atoms with E-state index >= 15 is 0 Å². The van der Waals surface area contributed by atoms with E-state index in [2.05, 4.69) is 5.32 Å². The van der Waals surface area contributed by atoms with Gasteiger partial charge in [0.2, 0.25) is 11.8 Å². The lowest BCUT2D eigenvalue weighted by molar-refractivity contribution is -0.140. The average molecular weight is 793 g/mol. The molecular weight excluding hydrogens is 734 g/mol. The third-order valence-corrected chi connectivity index (χ3v) is 10.4. The molecule has 0 radical (unpaired) electrons. The Bertz CT molecular complexity index is 1720. The lowest BCUT2D eigenvalue weighted by Crippen LogP contribution is -2.60. The number of carbonyl (C=O) groups excluding carboxylic acids is 5. The van der Waals surface area contributed by atoms with Gasteiger partial charge in [-0.15, -0.1) is 0 Å². The van der Waals surface area contributed by atoms with E-state index in [-0.39, 0.29) is 99.7 Å². The predicted octanol–water partition coefficient (Wildman–Crippen LogP) is 3.16. The van der Waals surface area contributed by atoms with Crippen LogP contribution in [0.5, 0.6) is 0 Å². The van der Waals surface area contributed by atoms with E-state index in [4.69, 9.17) is 19.3 Å². The summed E-state index contributed by atoms with van der Waals surface area (Å²) in [4.78, 5) is 74.2. The average Bonchev–Trinajstić information content (AvgIpc) is 3.44. The minimum atomic E-state index is -1.16. The molecule has 1 aromatic heterocycles. The molecule has 5 amide bonds. The van der Waals surface area contributed by atoms with Crippen LogP contribution in [0.15, 0.2) is 12.1 Å². The molecule has 312 valence electrons. The summed E-state index contributed by atoms with van der Waals surface area (Å²) in [6.45, 7) is 8.09. The monoisotopic (exact) mass is 792 g/mol. The van der Waals surface area contributed by atoms with Gasteiger partial charge in [-0.1, -0.05) is 19.3 Å². The van der Waals surface area contributed by atoms with Crippen molar-refractivity contribution >= 4 is 40.6 Å². The number of aliphatic hydroxyl groups is 1. The summed E-state index contributed by atoms with van der Waals surface area (Å²) in [5.41, 5.74) is -0.719. The van der Waals surface area contributed by atoms with Gasteiger partial charge in [-0.05, 0) is 52.5 Å². The van der Waals surface area contributed by atoms with Crippen LogP contribution in [0.1, 0.15) is 80.6 Å². The Hall–Kier alpha value is -4.35. The zero-order valence-electron chi connectivity index (χ0n) is 33.7. The summed E-state index contributed by atoms with van der Waals surface area (Å²) in [5, 5.41) is 11.9. The Labute approximate surface area is 327 Å². The number of aromatic nitrogens is 1. The van der Waals surface area contributed by atoms with Gasteiger partial charge < -0.3 is 43.9 Å². The minimum Gasteiger partial charge on any atom is -0.444 e. The Balaban J connectivity index is 1.50. The number of likely N-dealkylation sites (N-methyl/N-ethyl adjacent to an activating group) is 2. The summed E-state index contributed by atoms with van der Waals surface area (Å²) >= 11 is 0. The molecule has 15 nitrogen and oxygen atoms in total. The molecule has 2 aromatic rings. The second-order valence-electron chi connectivity index (χ2n) is 15.5. The number of benzene rings is 1. The summed E-state index contributed by atoms with van der Waals surface area (Å²) < 4.78 is 46.6. The molecule has 4 rings (SSSR count). The molecule has 1 saturated heterocycles. The third kappa shape index (κ3) is 10.9. The van der Waals surface area contributed by atoms with Crippen molar-refractivity contribution < 1.29 is 52.1 Å². The van der Waals surface area contributed by atoms with Crippen LogP contribution >= 0.6 is 0 Å². The smallest absolute Gasteiger partial charge is 0.410 e. The number of halogens is 2. The second-order valence-corrected chi connectivity index (χ2v) is 15.5. The number of ether oxygens (including phenoxy) is 3. The number of hydrogen-bond acceptors (Lipinski definition) is 9. The van der Waals surface area contributed by atoms with Gasteiger partial charge in [0, 0.05) is 65.3 Å². The second kappa shape index (κ2) is 19.7. The maximum absolute atomic E-state index is 14.6. The number of nitrogens with zero attached hydrogens (tertiary/aromatic N) is 5. The summed E-state index contributed by atoms with van der Waals surface area (Å²) in [7, 11) is 4.50. The molecule has 1 aliphatic carbocycles. The fourth-order valence-corrected chi connectivity index (χ4v) is 7.04. The molecule has 2 fully saturated rings. The van der Waals surface area contributed by atoms with Gasteiger partial charge in [0.25, 0.3) is 11.8 Å². The molecular formula is C39H58F2N6O9. The van der Waals surface area contributed by atoms with Crippen LogP contribution in [0, 0.1) is 17.6 Å². The van der Waals surface area contributed by atoms with E-state index in [0.29, 0.717) is 0 Å². The van der Waals surface area contributed by atoms with Gasteiger partial charge in [-0.3, -0.25) is 24.1 Å². The van der Waals surface area contributed by atoms with E-state index < -0.39 is 53.1 Å². The Morgan fingerprint density at radius 2 is 1.50 bits per heavy atom. The van der Waals surface area contributed by atoms with Crippen LogP contribution in [-0.2, 0) is 30.8 Å². The highest BCUT2D eigenvalue weighted by Gasteiger charge is 2.39. The lowest BCUT2D eigenvalue weighted by Gasteiger charge is -2.39. The van der Waals surface area contributed by atoms with Crippen LogP contribution < -0.4 is 5.32 Å². The number of aliphatic hydroxyl groups excluding tert-OH is 1. The van der Waals surface area contributed by atoms with Gasteiger partial charge in [0.1, 0.15) is 23.4 Å². The fourth-order valence-electron chi connectivity index (χ4n) is 7.04. The maximum Gasteiger partial charge on any atom is 0.410 e. The first-order valence-corrected chi connectivity index (χ1v) is 19.3. The molecule has 2 heterocycles. The molecule has 0 spiro atoms. The molecule has 56 heavy (non-hydrogen) atoms. The van der Waals surface area contributed by atoms with Gasteiger partial charge in [-0.2, -0.15) is 0 Å². The Kier molecular flexibility index (Phi) is 15.6. The highest BCUT2D eigenvalue weighted by atomic mass is 19.2. The number of rotatable bonds is 15. The van der Waals surface area contributed by atoms with Crippen LogP contribution in [0.4, 0.5) is 13.6 Å². The molecule has 0 bridgehead atoms. The standard InChI is InChI=1S/C39H58F2N6O9/c1-25(44(6)38(53)56-39(2,3)4)34(49)42-32(26-11-9-8-10-12-26)36(51)46-13-15-47(16-14-46)37(52)33-31(27-23-28(40)29(41)24-30(27)45(33)7)35(50)43(5)17-19-54-21-22-55-20-18-48/h23-26,32,48H,8-22H2,1-7H3,(H,42,49)/t25-,32-/m0/s1. The van der Waals surface area contributed by atoms with E-state index in [0.717, 1.165) is 44.2 Å². The molecule has 2 atom stereocenters. The van der Waals surface area contributed by atoms with Crippen molar-refractivity contribution in [1.29, 1.82) is 0 Å². The molecule has 2 aliphatic rings. The number of fused-ring (bicyclic) bond motifs is 1. The first kappa shape index (κ1) is 44.4. The van der Waals surface area contributed by atoms with Crippen molar-refractivity contribution in [2.45, 2.75) is 77.5 Å². The van der Waals surface area contributed by atoms with E-state index in [1.165, 1.54) is 40.4 Å². The van der Waals surface area contributed by atoms with Crippen LogP contribution in [-0.4, -0.2) is 157 Å². The van der Waals surface area contributed by atoms with Crippen molar-refractivity contribution in [2.24, 2.45) is 13.0 Å². The molecule has 2 N–H and O–H groups in total. The number of aryl methyl sites for hydroxylation is 1. The zero-order valence-corrected chi connectivity index (χ0v) is 33.7. The highest BCUT2D eigenvalue weighted by molar-refractivity contribution is 6.16. The van der Waals surface area contributed by atoms with Gasteiger partial charge in [-0.25, -0.2) is 13.6 Å². The Morgan fingerprint density at radius 3 is 2.11 bits per heavy atom. The van der Waals surface area contributed by atoms with Crippen molar-refractivity contribution in [3.05, 3.63) is 35.0 Å². The van der Waals surface area contributed by atoms with Gasteiger partial charge in [0.15, 0.2) is 11.6 Å². The minimum absolute atomic E-state index is 0.0459. The van der Waals surface area contributed by atoms with Crippen LogP contribution in [0.25, 0.3) is 10.9 Å². The SMILES string of the molecule is C[C@@H](C(=O)N[C@H](C(=O)N1CCN(C(=O)c2c(C(=O)N(C)CCOCCOCCO)c3cc(F)c(F)cc3n2C)CC1)C1CCCCC1)N(C)C(=O)OC(C)(C)C. The number of carbonyl (C=O) groups is 5. The van der Waals surface area contributed by atoms with Crippen molar-refractivity contribution in [3.63, 3.8) is 0 Å². The third-order valence-electron chi connectivity index (χ3n) is 10.4. The number of piperazine rings is 1. The van der Waals surface area contributed by atoms with Crippen molar-refractivity contribution in [3.8, 4) is 0 Å². The van der Waals surface area contributed by atoms with Gasteiger partial charge >= 0.3 is 6.09 Å². The topological polar surface area (TPSA) is 163 Å². The fraction of sp³-hybridized carbons (Fsp3) is 0.667. The molecule has 1 aliphatic heterocycles. The number of amides is 5. The van der Waals surface area contributed by atoms with E-state index in [1.54, 1.807) is 32.6 Å². The largest absolute Gasteiger partial charge is 0.444 e. The van der Waals surface area contributed by atoms with Crippen LogP contribution in [0.3, 0.4) is 0 Å². The maximum atomic E-state index is 14.6. The van der Waals surface area contributed by atoms with Gasteiger partial charge in [0.05, 0.1) is 44.1 Å². The molecule has 1 aromatic carbocycles. The zero-order chi connectivity index (χ0) is 41.3. The van der Waals surface area contributed by atoms with Crippen molar-refractivity contribution in [1.82, 2.24) is 29.5 Å². The quantitative estimate of drug-likeness (QED) is 0.258. The van der Waals surface area contributed by atoms with Crippen LogP contribution in [0.2, 0.25) is 0 Å². The summed E-state index contributed by atoms with van der Waals surface area (Å²) in [5.74, 6) is -4.29. The first-order chi connectivity index (χ1) is 26.5. The lowest BCUT2D eigenvalue weighted by atomic mass is 9.83. The summed E-state index contributed by atoms with van der Waals surface area (Å²) in [6, 6.07) is 0.122. The summed E-state index contributed by atoms with van der Waals surface area (Å²) in [6.07, 6.45) is 3.72. The molecule has 1 saturated carbocycles. The predicted molar refractivity (Wildman–Crippen MR) is 203 cm³/mol. The first-order valence-electron chi connectivity index (χ1n) is 19.3. The Morgan fingerprint density at radius 1 is 0.911 bits per heavy atom. The number of nitrogens with one attached hydrogen (secondary N) is 1. The van der Waals surface area contributed by atoms with E-state index in [1.807, 2.05) is 0 Å². The molecule has 0 unspecified atom stereocenters. The highest BCUT2D eigenvalue weighted by Crippen LogP contribution is 2.31.